The molecule has 3 aromatic rings. The molecule has 0 N–H and O–H groups in total. The Morgan fingerprint density at radius 2 is 1.73 bits per heavy atom. The van der Waals surface area contributed by atoms with Crippen LogP contribution in [0.2, 0.25) is 0 Å². The first-order valence-corrected chi connectivity index (χ1v) is 9.90. The van der Waals surface area contributed by atoms with Gasteiger partial charge in [-0.1, -0.05) is 43.3 Å². The van der Waals surface area contributed by atoms with Gasteiger partial charge in [0.1, 0.15) is 5.69 Å². The third kappa shape index (κ3) is 5.35. The van der Waals surface area contributed by atoms with Crippen molar-refractivity contribution in [2.45, 2.75) is 32.7 Å². The van der Waals surface area contributed by atoms with E-state index in [1.165, 1.54) is 6.20 Å². The highest BCUT2D eigenvalue weighted by Gasteiger charge is 2.11. The van der Waals surface area contributed by atoms with Crippen LogP contribution in [0, 0.1) is 5.95 Å². The summed E-state index contributed by atoms with van der Waals surface area (Å²) in [4.78, 5) is 33.7. The average molecular weight is 405 g/mol. The number of hydrogen-bond donors (Lipinski definition) is 0. The number of pyridine rings is 2. The lowest BCUT2D eigenvalue weighted by Crippen LogP contribution is -2.25. The van der Waals surface area contributed by atoms with E-state index in [1.807, 2.05) is 37.3 Å². The SMILES string of the molecule is CCC(=O)N(C)Cc1ccc(-c2ccc(C(=O)CCc3cccnc3F)nc2)cc1. The Morgan fingerprint density at radius 3 is 2.37 bits per heavy atom. The summed E-state index contributed by atoms with van der Waals surface area (Å²) in [5.41, 5.74) is 3.71. The molecule has 5 nitrogen and oxygen atoms in total. The van der Waals surface area contributed by atoms with Crippen LogP contribution in [0.15, 0.2) is 60.9 Å². The summed E-state index contributed by atoms with van der Waals surface area (Å²) in [6.45, 7) is 2.41. The number of ketones is 1. The monoisotopic (exact) mass is 405 g/mol. The second kappa shape index (κ2) is 9.87. The largest absolute Gasteiger partial charge is 0.341 e. The highest BCUT2D eigenvalue weighted by molar-refractivity contribution is 5.94. The summed E-state index contributed by atoms with van der Waals surface area (Å²) >= 11 is 0. The minimum Gasteiger partial charge on any atom is -0.341 e. The van der Waals surface area contributed by atoms with E-state index < -0.39 is 5.95 Å². The predicted molar refractivity (Wildman–Crippen MR) is 113 cm³/mol. The average Bonchev–Trinajstić information content (AvgIpc) is 2.78. The summed E-state index contributed by atoms with van der Waals surface area (Å²) in [6.07, 6.45) is 4.00. The molecule has 0 aliphatic rings. The van der Waals surface area contributed by atoms with E-state index in [-0.39, 0.29) is 18.1 Å². The summed E-state index contributed by atoms with van der Waals surface area (Å²) in [5, 5.41) is 0. The van der Waals surface area contributed by atoms with Gasteiger partial charge in [-0.25, -0.2) is 4.98 Å². The number of benzene rings is 1. The number of carbonyl (C=O) groups is 2. The number of amides is 1. The zero-order valence-electron chi connectivity index (χ0n) is 17.1. The van der Waals surface area contributed by atoms with Crippen molar-refractivity contribution in [1.82, 2.24) is 14.9 Å². The molecule has 3 rings (SSSR count). The van der Waals surface area contributed by atoms with Crippen LogP contribution < -0.4 is 0 Å². The highest BCUT2D eigenvalue weighted by Crippen LogP contribution is 2.20. The molecule has 2 aromatic heterocycles. The van der Waals surface area contributed by atoms with E-state index in [0.717, 1.165) is 16.7 Å². The Kier molecular flexibility index (Phi) is 7.01. The van der Waals surface area contributed by atoms with Crippen molar-refractivity contribution in [3.8, 4) is 11.1 Å². The molecule has 0 fully saturated rings. The van der Waals surface area contributed by atoms with Gasteiger partial charge < -0.3 is 4.90 Å². The van der Waals surface area contributed by atoms with Gasteiger partial charge in [-0.15, -0.1) is 0 Å². The van der Waals surface area contributed by atoms with Crippen LogP contribution in [0.25, 0.3) is 11.1 Å². The molecule has 0 saturated carbocycles. The van der Waals surface area contributed by atoms with Gasteiger partial charge >= 0.3 is 0 Å². The van der Waals surface area contributed by atoms with Gasteiger partial charge in [0.05, 0.1) is 0 Å². The molecule has 1 amide bonds. The van der Waals surface area contributed by atoms with E-state index in [2.05, 4.69) is 9.97 Å². The normalized spacial score (nSPS) is 10.6. The smallest absolute Gasteiger partial charge is 0.222 e. The van der Waals surface area contributed by atoms with Crippen molar-refractivity contribution in [2.24, 2.45) is 0 Å². The number of halogens is 1. The van der Waals surface area contributed by atoms with Crippen LogP contribution in [0.3, 0.4) is 0 Å². The van der Waals surface area contributed by atoms with Crippen LogP contribution in [-0.4, -0.2) is 33.6 Å². The summed E-state index contributed by atoms with van der Waals surface area (Å²) < 4.78 is 13.6. The van der Waals surface area contributed by atoms with E-state index in [9.17, 15) is 14.0 Å². The molecule has 1 aromatic carbocycles. The van der Waals surface area contributed by atoms with Crippen molar-refractivity contribution in [3.05, 3.63) is 83.7 Å². The van der Waals surface area contributed by atoms with Gasteiger partial charge in [-0.3, -0.25) is 14.6 Å². The van der Waals surface area contributed by atoms with Gasteiger partial charge in [-0.05, 0) is 29.7 Å². The molecule has 0 saturated heterocycles. The highest BCUT2D eigenvalue weighted by atomic mass is 19.1. The minimum atomic E-state index is -0.540. The first-order chi connectivity index (χ1) is 14.5. The van der Waals surface area contributed by atoms with E-state index >= 15 is 0 Å². The Morgan fingerprint density at radius 1 is 1.00 bits per heavy atom. The minimum absolute atomic E-state index is 0.106. The maximum absolute atomic E-state index is 13.6. The standard InChI is InChI=1S/C24H24FN3O2/c1-3-23(30)28(2)16-17-6-8-18(9-7-17)20-10-12-21(27-15-20)22(29)13-11-19-5-4-14-26-24(19)25/h4-10,12,14-15H,3,11,13,16H2,1-2H3. The number of hydrogen-bond acceptors (Lipinski definition) is 4. The van der Waals surface area contributed by atoms with Gasteiger partial charge in [0, 0.05) is 50.0 Å². The fourth-order valence-corrected chi connectivity index (χ4v) is 3.15. The lowest BCUT2D eigenvalue weighted by molar-refractivity contribution is -0.130. The molecule has 6 heteroatoms. The van der Waals surface area contributed by atoms with Gasteiger partial charge in [0.2, 0.25) is 11.9 Å². The number of nitrogens with zero attached hydrogens (tertiary/aromatic N) is 3. The number of rotatable bonds is 8. The van der Waals surface area contributed by atoms with E-state index in [4.69, 9.17) is 0 Å². The number of aryl methyl sites for hydroxylation is 1. The molecule has 0 atom stereocenters. The number of aromatic nitrogens is 2. The fraction of sp³-hybridized carbons (Fsp3) is 0.250. The zero-order chi connectivity index (χ0) is 21.5. The lowest BCUT2D eigenvalue weighted by atomic mass is 10.0. The quantitative estimate of drug-likeness (QED) is 0.410. The topological polar surface area (TPSA) is 63.2 Å². The van der Waals surface area contributed by atoms with Crippen molar-refractivity contribution >= 4 is 11.7 Å². The van der Waals surface area contributed by atoms with Crippen LogP contribution >= 0.6 is 0 Å². The molecule has 0 radical (unpaired) electrons. The Balaban J connectivity index is 1.61. The number of carbonyl (C=O) groups excluding carboxylic acids is 2. The molecule has 0 aliphatic heterocycles. The van der Waals surface area contributed by atoms with Crippen LogP contribution in [0.1, 0.15) is 41.4 Å². The predicted octanol–water partition coefficient (Wildman–Crippen LogP) is 4.47. The maximum atomic E-state index is 13.6. The molecule has 2 heterocycles. The molecule has 0 unspecified atom stereocenters. The molecular weight excluding hydrogens is 381 g/mol. The first-order valence-electron chi connectivity index (χ1n) is 9.90. The van der Waals surface area contributed by atoms with E-state index in [1.54, 1.807) is 36.3 Å². The molecule has 0 bridgehead atoms. The van der Waals surface area contributed by atoms with Crippen molar-refractivity contribution in [1.29, 1.82) is 0 Å². The van der Waals surface area contributed by atoms with Gasteiger partial charge in [0.25, 0.3) is 0 Å². The van der Waals surface area contributed by atoms with Crippen molar-refractivity contribution < 1.29 is 14.0 Å². The van der Waals surface area contributed by atoms with Crippen molar-refractivity contribution in [2.75, 3.05) is 7.05 Å². The second-order valence-electron chi connectivity index (χ2n) is 7.11. The zero-order valence-corrected chi connectivity index (χ0v) is 17.1. The third-order valence-corrected chi connectivity index (χ3v) is 4.94. The Labute approximate surface area is 175 Å². The first kappa shape index (κ1) is 21.3. The van der Waals surface area contributed by atoms with Crippen LogP contribution in [0.4, 0.5) is 4.39 Å². The molecule has 0 aliphatic carbocycles. The fourth-order valence-electron chi connectivity index (χ4n) is 3.15. The Hall–Kier alpha value is -3.41. The summed E-state index contributed by atoms with van der Waals surface area (Å²) in [5.74, 6) is -0.569. The Bertz CT molecular complexity index is 1020. The van der Waals surface area contributed by atoms with Crippen molar-refractivity contribution in [3.63, 3.8) is 0 Å². The summed E-state index contributed by atoms with van der Waals surface area (Å²) in [7, 11) is 1.79. The lowest BCUT2D eigenvalue weighted by Gasteiger charge is -2.16. The molecule has 0 spiro atoms. The van der Waals surface area contributed by atoms with Crippen LogP contribution in [0.5, 0.6) is 0 Å². The maximum Gasteiger partial charge on any atom is 0.222 e. The van der Waals surface area contributed by atoms with Gasteiger partial charge in [0.15, 0.2) is 5.78 Å². The molecule has 30 heavy (non-hydrogen) atoms. The molecule has 154 valence electrons. The molecular formula is C24H24FN3O2. The van der Waals surface area contributed by atoms with Crippen LogP contribution in [-0.2, 0) is 17.8 Å². The third-order valence-electron chi connectivity index (χ3n) is 4.94. The second-order valence-corrected chi connectivity index (χ2v) is 7.11. The number of Topliss-reactive ketones (excluding diaryl/α,β-unsaturated/α-hetero) is 1. The van der Waals surface area contributed by atoms with Gasteiger partial charge in [-0.2, -0.15) is 4.39 Å². The summed E-state index contributed by atoms with van der Waals surface area (Å²) in [6, 6.07) is 14.7. The van der Waals surface area contributed by atoms with E-state index in [0.29, 0.717) is 30.6 Å².